The zero-order chi connectivity index (χ0) is 11.1. The van der Waals surface area contributed by atoms with Crippen molar-refractivity contribution in [2.45, 2.75) is 25.4 Å². The van der Waals surface area contributed by atoms with Crippen molar-refractivity contribution in [1.82, 2.24) is 9.97 Å². The molecule has 0 spiro atoms. The van der Waals surface area contributed by atoms with Gasteiger partial charge in [0.15, 0.2) is 0 Å². The number of hydrogen-bond donors (Lipinski definition) is 2. The molecule has 0 radical (unpaired) electrons. The number of rotatable bonds is 1. The summed E-state index contributed by atoms with van der Waals surface area (Å²) < 4.78 is 5.38. The standard InChI is InChI=1S/C12H14N2O2/c1-16-7-2-3-9-8(6-7)11-10(14-9)4-5-13-12(11)15/h4-5,7,14H,2-3,6H2,1H3,(H,13,15). The maximum Gasteiger partial charge on any atom is 0.257 e. The highest BCUT2D eigenvalue weighted by molar-refractivity contribution is 5.83. The quantitative estimate of drug-likeness (QED) is 0.759. The molecule has 2 aromatic rings. The molecule has 0 saturated heterocycles. The molecule has 84 valence electrons. The summed E-state index contributed by atoms with van der Waals surface area (Å²) in [7, 11) is 1.73. The van der Waals surface area contributed by atoms with Gasteiger partial charge in [0.25, 0.3) is 5.56 Å². The molecule has 2 N–H and O–H groups in total. The van der Waals surface area contributed by atoms with Crippen LogP contribution in [-0.2, 0) is 17.6 Å². The third-order valence-electron chi connectivity index (χ3n) is 3.39. The molecular formula is C12H14N2O2. The highest BCUT2D eigenvalue weighted by Crippen LogP contribution is 2.27. The van der Waals surface area contributed by atoms with E-state index in [4.69, 9.17) is 4.74 Å². The van der Waals surface area contributed by atoms with E-state index in [2.05, 4.69) is 9.97 Å². The number of aromatic nitrogens is 2. The molecule has 3 rings (SSSR count). The average Bonchev–Trinajstić information content (AvgIpc) is 2.67. The fourth-order valence-electron chi connectivity index (χ4n) is 2.55. The summed E-state index contributed by atoms with van der Waals surface area (Å²) in [5.74, 6) is 0. The van der Waals surface area contributed by atoms with Gasteiger partial charge in [-0.3, -0.25) is 4.79 Å². The Morgan fingerprint density at radius 2 is 2.38 bits per heavy atom. The Hall–Kier alpha value is -1.55. The predicted molar refractivity (Wildman–Crippen MR) is 61.7 cm³/mol. The van der Waals surface area contributed by atoms with Crippen LogP contribution in [0.15, 0.2) is 17.1 Å². The number of aromatic amines is 2. The van der Waals surface area contributed by atoms with Crippen LogP contribution >= 0.6 is 0 Å². The maximum absolute atomic E-state index is 11.8. The van der Waals surface area contributed by atoms with E-state index in [0.717, 1.165) is 35.7 Å². The molecule has 0 amide bonds. The molecule has 1 atom stereocenters. The summed E-state index contributed by atoms with van der Waals surface area (Å²) in [4.78, 5) is 17.8. The Labute approximate surface area is 92.6 Å². The minimum atomic E-state index is -0.00764. The van der Waals surface area contributed by atoms with E-state index in [1.165, 1.54) is 5.69 Å². The number of aryl methyl sites for hydroxylation is 1. The van der Waals surface area contributed by atoms with Crippen LogP contribution < -0.4 is 5.56 Å². The number of pyridine rings is 1. The summed E-state index contributed by atoms with van der Waals surface area (Å²) in [6.45, 7) is 0. The van der Waals surface area contributed by atoms with E-state index in [0.29, 0.717) is 0 Å². The van der Waals surface area contributed by atoms with E-state index in [1.54, 1.807) is 13.3 Å². The molecule has 4 heteroatoms. The third kappa shape index (κ3) is 1.30. The van der Waals surface area contributed by atoms with Gasteiger partial charge < -0.3 is 14.7 Å². The Morgan fingerprint density at radius 3 is 3.19 bits per heavy atom. The molecule has 4 nitrogen and oxygen atoms in total. The second-order valence-electron chi connectivity index (χ2n) is 4.28. The van der Waals surface area contributed by atoms with Crippen LogP contribution in [0.2, 0.25) is 0 Å². The molecule has 0 aromatic carbocycles. The molecule has 1 aliphatic carbocycles. The second-order valence-corrected chi connectivity index (χ2v) is 4.28. The van der Waals surface area contributed by atoms with Crippen molar-refractivity contribution in [2.75, 3.05) is 7.11 Å². The zero-order valence-electron chi connectivity index (χ0n) is 9.17. The highest BCUT2D eigenvalue weighted by atomic mass is 16.5. The fourth-order valence-corrected chi connectivity index (χ4v) is 2.55. The number of fused-ring (bicyclic) bond motifs is 3. The summed E-state index contributed by atoms with van der Waals surface area (Å²) >= 11 is 0. The van der Waals surface area contributed by atoms with Crippen LogP contribution in [-0.4, -0.2) is 23.2 Å². The first kappa shape index (κ1) is 9.66. The molecule has 1 unspecified atom stereocenters. The predicted octanol–water partition coefficient (Wildman–Crippen LogP) is 1.36. The Kier molecular flexibility index (Phi) is 2.11. The first-order chi connectivity index (χ1) is 7.79. The van der Waals surface area contributed by atoms with Gasteiger partial charge in [-0.25, -0.2) is 0 Å². The van der Waals surface area contributed by atoms with Crippen LogP contribution in [0.1, 0.15) is 17.7 Å². The zero-order valence-corrected chi connectivity index (χ0v) is 9.17. The van der Waals surface area contributed by atoms with Gasteiger partial charge in [-0.1, -0.05) is 0 Å². The van der Waals surface area contributed by atoms with Crippen molar-refractivity contribution >= 4 is 10.9 Å². The van der Waals surface area contributed by atoms with Gasteiger partial charge in [0.2, 0.25) is 0 Å². The summed E-state index contributed by atoms with van der Waals surface area (Å²) in [5, 5.41) is 0.805. The third-order valence-corrected chi connectivity index (χ3v) is 3.39. The molecule has 0 bridgehead atoms. The fraction of sp³-hybridized carbons (Fsp3) is 0.417. The smallest absolute Gasteiger partial charge is 0.257 e. The molecular weight excluding hydrogens is 204 g/mol. The average molecular weight is 218 g/mol. The molecule has 2 heterocycles. The SMILES string of the molecule is COC1CCc2[nH]c3cc[nH]c(=O)c3c2C1. The van der Waals surface area contributed by atoms with Crippen LogP contribution in [0.25, 0.3) is 10.9 Å². The van der Waals surface area contributed by atoms with Gasteiger partial charge in [-0.15, -0.1) is 0 Å². The van der Waals surface area contributed by atoms with Gasteiger partial charge in [-0.05, 0) is 24.5 Å². The van der Waals surface area contributed by atoms with E-state index in [9.17, 15) is 4.79 Å². The minimum absolute atomic E-state index is 0.00764. The van der Waals surface area contributed by atoms with E-state index in [-0.39, 0.29) is 11.7 Å². The van der Waals surface area contributed by atoms with Crippen molar-refractivity contribution < 1.29 is 4.74 Å². The maximum atomic E-state index is 11.8. The van der Waals surface area contributed by atoms with Gasteiger partial charge in [0.05, 0.1) is 17.0 Å². The number of nitrogens with one attached hydrogen (secondary N) is 2. The first-order valence-electron chi connectivity index (χ1n) is 5.53. The number of hydrogen-bond acceptors (Lipinski definition) is 2. The second kappa shape index (κ2) is 3.49. The molecule has 0 saturated carbocycles. The van der Waals surface area contributed by atoms with E-state index >= 15 is 0 Å². The van der Waals surface area contributed by atoms with Crippen molar-refractivity contribution in [3.8, 4) is 0 Å². The summed E-state index contributed by atoms with van der Waals surface area (Å²) in [5.41, 5.74) is 3.26. The number of ether oxygens (including phenoxy) is 1. The number of H-pyrrole nitrogens is 2. The molecule has 16 heavy (non-hydrogen) atoms. The van der Waals surface area contributed by atoms with Crippen LogP contribution in [0.5, 0.6) is 0 Å². The lowest BCUT2D eigenvalue weighted by Gasteiger charge is -2.20. The topological polar surface area (TPSA) is 57.9 Å². The normalized spacial score (nSPS) is 19.9. The van der Waals surface area contributed by atoms with Crippen molar-refractivity contribution in [1.29, 1.82) is 0 Å². The summed E-state index contributed by atoms with van der Waals surface area (Å²) in [6.07, 6.45) is 4.74. The molecule has 0 aliphatic heterocycles. The lowest BCUT2D eigenvalue weighted by Crippen LogP contribution is -2.21. The van der Waals surface area contributed by atoms with Crippen LogP contribution in [0.3, 0.4) is 0 Å². The first-order valence-corrected chi connectivity index (χ1v) is 5.53. The largest absolute Gasteiger partial charge is 0.381 e. The van der Waals surface area contributed by atoms with Crippen LogP contribution in [0, 0.1) is 0 Å². The Morgan fingerprint density at radius 1 is 1.50 bits per heavy atom. The monoisotopic (exact) mass is 218 g/mol. The van der Waals surface area contributed by atoms with Gasteiger partial charge in [-0.2, -0.15) is 0 Å². The van der Waals surface area contributed by atoms with E-state index in [1.807, 2.05) is 6.07 Å². The highest BCUT2D eigenvalue weighted by Gasteiger charge is 2.23. The Bertz CT molecular complexity index is 582. The lowest BCUT2D eigenvalue weighted by atomic mass is 9.93. The van der Waals surface area contributed by atoms with Crippen molar-refractivity contribution in [3.05, 3.63) is 33.9 Å². The summed E-state index contributed by atoms with van der Waals surface area (Å²) in [6, 6.07) is 1.91. The molecule has 1 aliphatic rings. The van der Waals surface area contributed by atoms with E-state index < -0.39 is 0 Å². The van der Waals surface area contributed by atoms with Crippen molar-refractivity contribution in [3.63, 3.8) is 0 Å². The molecule has 0 fully saturated rings. The van der Waals surface area contributed by atoms with Gasteiger partial charge in [0.1, 0.15) is 0 Å². The minimum Gasteiger partial charge on any atom is -0.381 e. The number of methoxy groups -OCH3 is 1. The van der Waals surface area contributed by atoms with Gasteiger partial charge >= 0.3 is 0 Å². The van der Waals surface area contributed by atoms with Crippen LogP contribution in [0.4, 0.5) is 0 Å². The lowest BCUT2D eigenvalue weighted by molar-refractivity contribution is 0.0911. The Balaban J connectivity index is 2.24. The van der Waals surface area contributed by atoms with Gasteiger partial charge in [0, 0.05) is 25.4 Å². The van der Waals surface area contributed by atoms with Crippen molar-refractivity contribution in [2.24, 2.45) is 0 Å². The molecule has 2 aromatic heterocycles.